The number of benzene rings is 3. The van der Waals surface area contributed by atoms with Gasteiger partial charge >= 0.3 is 5.97 Å². The summed E-state index contributed by atoms with van der Waals surface area (Å²) >= 11 is 0. The summed E-state index contributed by atoms with van der Waals surface area (Å²) in [6.45, 7) is 4.41. The smallest absolute Gasteiger partial charge is 0.343 e. The summed E-state index contributed by atoms with van der Waals surface area (Å²) in [4.78, 5) is 12.5. The summed E-state index contributed by atoms with van der Waals surface area (Å²) in [7, 11) is 0. The van der Waals surface area contributed by atoms with Crippen molar-refractivity contribution in [3.05, 3.63) is 77.4 Å². The van der Waals surface area contributed by atoms with Gasteiger partial charge < -0.3 is 4.74 Å². The Kier molecular flexibility index (Phi) is 4.98. The molecule has 0 unspecified atom stereocenters. The highest BCUT2D eigenvalue weighted by Gasteiger charge is 2.19. The van der Waals surface area contributed by atoms with E-state index >= 15 is 0 Å². The number of fused-ring (bicyclic) bond motifs is 1. The van der Waals surface area contributed by atoms with E-state index in [9.17, 15) is 4.79 Å². The highest BCUT2D eigenvalue weighted by molar-refractivity contribution is 5.96. The average molecular weight is 358 g/mol. The second kappa shape index (κ2) is 7.56. The van der Waals surface area contributed by atoms with Crippen LogP contribution in [0.25, 0.3) is 10.8 Å². The molecule has 4 rings (SSSR count). The van der Waals surface area contributed by atoms with Crippen LogP contribution in [0.1, 0.15) is 60.0 Å². The van der Waals surface area contributed by atoms with Gasteiger partial charge in [-0.25, -0.2) is 4.79 Å². The molecule has 0 radical (unpaired) electrons. The highest BCUT2D eigenvalue weighted by atomic mass is 16.5. The van der Waals surface area contributed by atoms with Crippen molar-refractivity contribution in [1.29, 1.82) is 0 Å². The van der Waals surface area contributed by atoms with E-state index in [-0.39, 0.29) is 5.97 Å². The minimum absolute atomic E-state index is 0.309. The second-order valence-electron chi connectivity index (χ2n) is 7.98. The van der Waals surface area contributed by atoms with Crippen molar-refractivity contribution in [2.24, 2.45) is 5.92 Å². The van der Waals surface area contributed by atoms with E-state index < -0.39 is 0 Å². The lowest BCUT2D eigenvalue weighted by Crippen LogP contribution is -2.11. The molecule has 0 bridgehead atoms. The molecular weight excluding hydrogens is 332 g/mol. The molecule has 0 heterocycles. The van der Waals surface area contributed by atoms with Crippen LogP contribution >= 0.6 is 0 Å². The molecule has 1 aliphatic rings. The van der Waals surface area contributed by atoms with Gasteiger partial charge in [-0.3, -0.25) is 0 Å². The first-order valence-electron chi connectivity index (χ1n) is 9.91. The monoisotopic (exact) mass is 358 g/mol. The van der Waals surface area contributed by atoms with Crippen molar-refractivity contribution >= 4 is 16.7 Å². The Balaban J connectivity index is 1.45. The van der Waals surface area contributed by atoms with Crippen LogP contribution in [0.4, 0.5) is 0 Å². The molecule has 0 atom stereocenters. The Morgan fingerprint density at radius 1 is 0.852 bits per heavy atom. The Hall–Kier alpha value is -2.61. The van der Waals surface area contributed by atoms with Gasteiger partial charge in [-0.2, -0.15) is 0 Å². The Morgan fingerprint density at radius 2 is 1.52 bits per heavy atom. The molecule has 0 saturated heterocycles. The maximum atomic E-state index is 12.5. The zero-order valence-corrected chi connectivity index (χ0v) is 16.1. The average Bonchev–Trinajstić information content (AvgIpc) is 2.69. The molecule has 138 valence electrons. The molecule has 0 aromatic heterocycles. The van der Waals surface area contributed by atoms with E-state index in [1.54, 1.807) is 0 Å². The Morgan fingerprint density at radius 3 is 2.26 bits per heavy atom. The van der Waals surface area contributed by atoms with Crippen molar-refractivity contribution in [3.8, 4) is 5.75 Å². The van der Waals surface area contributed by atoms with Crippen LogP contribution in [0.3, 0.4) is 0 Å². The van der Waals surface area contributed by atoms with Gasteiger partial charge in [0.1, 0.15) is 5.75 Å². The zero-order valence-electron chi connectivity index (χ0n) is 16.1. The van der Waals surface area contributed by atoms with Crippen molar-refractivity contribution in [3.63, 3.8) is 0 Å². The summed E-state index contributed by atoms with van der Waals surface area (Å²) in [5.41, 5.74) is 3.16. The van der Waals surface area contributed by atoms with E-state index in [1.807, 2.05) is 36.4 Å². The lowest BCUT2D eigenvalue weighted by atomic mass is 9.79. The molecule has 0 aliphatic heterocycles. The number of rotatable bonds is 3. The number of hydrogen-bond donors (Lipinski definition) is 0. The number of ether oxygens (including phenoxy) is 1. The molecule has 1 aliphatic carbocycles. The molecule has 1 fully saturated rings. The van der Waals surface area contributed by atoms with Crippen LogP contribution in [-0.4, -0.2) is 5.97 Å². The van der Waals surface area contributed by atoms with Crippen LogP contribution in [0.2, 0.25) is 0 Å². The van der Waals surface area contributed by atoms with Crippen molar-refractivity contribution in [1.82, 2.24) is 0 Å². The Labute approximate surface area is 161 Å². The number of carbonyl (C=O) groups is 1. The van der Waals surface area contributed by atoms with E-state index in [2.05, 4.69) is 38.1 Å². The van der Waals surface area contributed by atoms with Gasteiger partial charge in [0.05, 0.1) is 5.56 Å². The third kappa shape index (κ3) is 4.05. The van der Waals surface area contributed by atoms with Crippen LogP contribution < -0.4 is 4.74 Å². The van der Waals surface area contributed by atoms with Crippen molar-refractivity contribution in [2.75, 3.05) is 0 Å². The predicted molar refractivity (Wildman–Crippen MR) is 110 cm³/mol. The minimum atomic E-state index is -0.309. The van der Waals surface area contributed by atoms with E-state index in [4.69, 9.17) is 4.74 Å². The molecule has 0 N–H and O–H groups in total. The first-order chi connectivity index (χ1) is 13.1. The third-order valence-corrected chi connectivity index (χ3v) is 5.81. The van der Waals surface area contributed by atoms with Gasteiger partial charge in [-0.05, 0) is 72.2 Å². The van der Waals surface area contributed by atoms with Gasteiger partial charge in [-0.1, -0.05) is 61.7 Å². The second-order valence-corrected chi connectivity index (χ2v) is 7.98. The van der Waals surface area contributed by atoms with Gasteiger partial charge in [0, 0.05) is 0 Å². The van der Waals surface area contributed by atoms with Gasteiger partial charge in [0.25, 0.3) is 0 Å². The number of hydrogen-bond acceptors (Lipinski definition) is 2. The zero-order chi connectivity index (χ0) is 18.8. The Bertz CT molecular complexity index is 948. The fraction of sp³-hybridized carbons (Fsp3) is 0.320. The van der Waals surface area contributed by atoms with E-state index in [0.717, 1.165) is 16.7 Å². The van der Waals surface area contributed by atoms with Crippen LogP contribution in [0.15, 0.2) is 60.7 Å². The van der Waals surface area contributed by atoms with E-state index in [1.165, 1.54) is 36.8 Å². The van der Waals surface area contributed by atoms with Crippen LogP contribution in [0.5, 0.6) is 5.75 Å². The lowest BCUT2D eigenvalue weighted by molar-refractivity contribution is 0.0735. The summed E-state index contributed by atoms with van der Waals surface area (Å²) < 4.78 is 5.59. The first-order valence-corrected chi connectivity index (χ1v) is 9.91. The predicted octanol–water partition coefficient (Wildman–Crippen LogP) is 6.66. The fourth-order valence-corrected chi connectivity index (χ4v) is 4.06. The maximum absolute atomic E-state index is 12.5. The topological polar surface area (TPSA) is 26.3 Å². The third-order valence-electron chi connectivity index (χ3n) is 5.81. The summed E-state index contributed by atoms with van der Waals surface area (Å²) in [6.07, 6.45) is 5.14. The molecule has 3 aromatic rings. The minimum Gasteiger partial charge on any atom is -0.423 e. The number of esters is 1. The summed E-state index contributed by atoms with van der Waals surface area (Å²) in [5.74, 6) is 1.80. The number of aryl methyl sites for hydroxylation is 1. The molecule has 2 nitrogen and oxygen atoms in total. The summed E-state index contributed by atoms with van der Waals surface area (Å²) in [5, 5.41) is 2.19. The summed E-state index contributed by atoms with van der Waals surface area (Å²) in [6, 6.07) is 20.0. The van der Waals surface area contributed by atoms with Crippen molar-refractivity contribution in [2.45, 2.75) is 45.4 Å². The molecular formula is C25H26O2. The van der Waals surface area contributed by atoms with Crippen LogP contribution in [0, 0.1) is 12.8 Å². The fourth-order valence-electron chi connectivity index (χ4n) is 4.06. The molecule has 0 amide bonds. The molecule has 1 saturated carbocycles. The highest BCUT2D eigenvalue weighted by Crippen LogP contribution is 2.36. The largest absolute Gasteiger partial charge is 0.423 e. The molecule has 27 heavy (non-hydrogen) atoms. The molecule has 0 spiro atoms. The SMILES string of the molecule is Cc1ccc2cc(C(=O)Oc3ccc(C4CCC(C)CC4)cc3)ccc2c1. The van der Waals surface area contributed by atoms with Gasteiger partial charge in [0.15, 0.2) is 0 Å². The van der Waals surface area contributed by atoms with Gasteiger partial charge in [0.2, 0.25) is 0 Å². The standard InChI is InChI=1S/C25H26O2/c1-17-3-6-19(7-4-17)20-11-13-24(14-12-20)27-25(26)23-10-9-21-15-18(2)5-8-22(21)16-23/h5,8-17,19H,3-4,6-7H2,1-2H3. The van der Waals surface area contributed by atoms with Gasteiger partial charge in [-0.15, -0.1) is 0 Å². The number of carbonyl (C=O) groups excluding carboxylic acids is 1. The first kappa shape index (κ1) is 17.8. The maximum Gasteiger partial charge on any atom is 0.343 e. The molecule has 3 aromatic carbocycles. The molecule has 2 heteroatoms. The quantitative estimate of drug-likeness (QED) is 0.386. The van der Waals surface area contributed by atoms with Crippen molar-refractivity contribution < 1.29 is 9.53 Å². The normalized spacial score (nSPS) is 19.8. The van der Waals surface area contributed by atoms with Crippen LogP contribution in [-0.2, 0) is 0 Å². The van der Waals surface area contributed by atoms with E-state index in [0.29, 0.717) is 17.2 Å². The lowest BCUT2D eigenvalue weighted by Gasteiger charge is -2.26.